The smallest absolute Gasteiger partial charge is 0.0727 e. The molecule has 5 aliphatic carbocycles. The van der Waals surface area contributed by atoms with Crippen LogP contribution in [0.5, 0.6) is 0 Å². The van der Waals surface area contributed by atoms with Gasteiger partial charge in [0.25, 0.3) is 0 Å². The predicted octanol–water partition coefficient (Wildman–Crippen LogP) is 14.6. The lowest BCUT2D eigenvalue weighted by atomic mass is 9.67. The highest BCUT2D eigenvalue weighted by molar-refractivity contribution is 7.19. The van der Waals surface area contributed by atoms with Gasteiger partial charge in [0.2, 0.25) is 0 Å². The Balaban J connectivity index is 1.09. The molecule has 1 atom stereocenters. The molecule has 6 aromatic carbocycles. The Morgan fingerprint density at radius 2 is 1.30 bits per heavy atom. The third-order valence-electron chi connectivity index (χ3n) is 14.2. The average Bonchev–Trinajstić information content (AvgIpc) is 4.04. The summed E-state index contributed by atoms with van der Waals surface area (Å²) < 4.78 is 1.40. The van der Waals surface area contributed by atoms with Gasteiger partial charge in [0, 0.05) is 43.2 Å². The van der Waals surface area contributed by atoms with E-state index in [1.54, 1.807) is 16.7 Å². The first-order chi connectivity index (χ1) is 28.2. The van der Waals surface area contributed by atoms with Gasteiger partial charge in [-0.1, -0.05) is 159 Å². The highest BCUT2D eigenvalue weighted by atomic mass is 32.1. The minimum Gasteiger partial charge on any atom is -0.313 e. The maximum Gasteiger partial charge on any atom is 0.0727 e. The van der Waals surface area contributed by atoms with Gasteiger partial charge in [0.05, 0.1) is 11.1 Å². The summed E-state index contributed by atoms with van der Waals surface area (Å²) in [6, 6.07) is 55.2. The number of fused-ring (bicyclic) bond motifs is 10. The Morgan fingerprint density at radius 1 is 0.649 bits per heavy atom. The van der Waals surface area contributed by atoms with E-state index in [1.165, 1.54) is 102 Å². The molecule has 1 heterocycles. The van der Waals surface area contributed by atoms with Gasteiger partial charge in [-0.25, -0.2) is 0 Å². The summed E-state index contributed by atoms with van der Waals surface area (Å²) >= 11 is 2.03. The fourth-order valence-corrected chi connectivity index (χ4v) is 13.4. The lowest BCUT2D eigenvalue weighted by Crippen LogP contribution is -2.28. The van der Waals surface area contributed by atoms with E-state index in [9.17, 15) is 0 Å². The van der Waals surface area contributed by atoms with E-state index in [4.69, 9.17) is 0 Å². The Bertz CT molecular complexity index is 2800. The number of rotatable bonds is 5. The molecule has 0 saturated heterocycles. The number of hydrogen-bond acceptors (Lipinski definition) is 2. The van der Waals surface area contributed by atoms with E-state index in [2.05, 4.69) is 176 Å². The van der Waals surface area contributed by atoms with Gasteiger partial charge in [0.15, 0.2) is 0 Å². The van der Waals surface area contributed by atoms with Crippen molar-refractivity contribution in [3.63, 3.8) is 0 Å². The third kappa shape index (κ3) is 4.57. The maximum absolute atomic E-state index is 2.66. The summed E-state index contributed by atoms with van der Waals surface area (Å²) in [6.07, 6.45) is 16.0. The van der Waals surface area contributed by atoms with E-state index in [0.29, 0.717) is 5.92 Å². The van der Waals surface area contributed by atoms with Crippen molar-refractivity contribution in [3.05, 3.63) is 213 Å². The third-order valence-corrected chi connectivity index (χ3v) is 15.5. The van der Waals surface area contributed by atoms with E-state index in [1.807, 2.05) is 11.3 Å². The molecule has 0 aliphatic heterocycles. The van der Waals surface area contributed by atoms with Crippen molar-refractivity contribution in [1.29, 1.82) is 0 Å². The molecule has 1 nitrogen and oxygen atoms in total. The second-order valence-corrected chi connectivity index (χ2v) is 18.1. The SMILES string of the molecule is CC1Cc2sc3c(C4(c5ccccc5)c5ccccc5-c5ccccc54)cccc3c2C=C1N(c1ccccc1)c1cccc2c1C1=C(C=CCC1)C21CCCC1. The minimum atomic E-state index is -0.420. The second kappa shape index (κ2) is 12.7. The highest BCUT2D eigenvalue weighted by Crippen LogP contribution is 2.61. The van der Waals surface area contributed by atoms with Crippen LogP contribution in [0.15, 0.2) is 169 Å². The Labute approximate surface area is 340 Å². The zero-order valence-electron chi connectivity index (χ0n) is 32.5. The van der Waals surface area contributed by atoms with Gasteiger partial charge in [-0.15, -0.1) is 11.3 Å². The van der Waals surface area contributed by atoms with Gasteiger partial charge in [-0.05, 0) is 112 Å². The first-order valence-electron chi connectivity index (χ1n) is 21.1. The zero-order chi connectivity index (χ0) is 37.7. The second-order valence-electron chi connectivity index (χ2n) is 17.0. The first kappa shape index (κ1) is 33.4. The average molecular weight is 752 g/mol. The molecule has 5 aliphatic rings. The van der Waals surface area contributed by atoms with Crippen LogP contribution in [-0.2, 0) is 17.3 Å². The van der Waals surface area contributed by atoms with Crippen molar-refractivity contribution >= 4 is 44.4 Å². The lowest BCUT2D eigenvalue weighted by Gasteiger charge is -2.35. The molecule has 1 fully saturated rings. The fraction of sp³-hybridized carbons (Fsp3) is 0.200. The Morgan fingerprint density at radius 3 is 2.05 bits per heavy atom. The van der Waals surface area contributed by atoms with Crippen molar-refractivity contribution in [3.8, 4) is 11.1 Å². The molecule has 57 heavy (non-hydrogen) atoms. The molecular formula is C55H45NS. The Kier molecular flexibility index (Phi) is 7.42. The maximum atomic E-state index is 2.66. The van der Waals surface area contributed by atoms with Crippen molar-refractivity contribution in [2.45, 2.75) is 62.7 Å². The number of benzene rings is 6. The topological polar surface area (TPSA) is 3.24 Å². The number of anilines is 2. The van der Waals surface area contributed by atoms with Crippen LogP contribution in [0.2, 0.25) is 0 Å². The molecule has 0 amide bonds. The fourth-order valence-electron chi connectivity index (χ4n) is 11.9. The summed E-state index contributed by atoms with van der Waals surface area (Å²) in [4.78, 5) is 4.15. The van der Waals surface area contributed by atoms with Crippen LogP contribution >= 0.6 is 11.3 Å². The van der Waals surface area contributed by atoms with Crippen LogP contribution in [0, 0.1) is 5.92 Å². The Hall–Kier alpha value is -5.70. The van der Waals surface area contributed by atoms with Gasteiger partial charge in [-0.2, -0.15) is 0 Å². The van der Waals surface area contributed by atoms with Crippen LogP contribution in [0.3, 0.4) is 0 Å². The summed E-state index contributed by atoms with van der Waals surface area (Å²) in [7, 11) is 0. The van der Waals surface area contributed by atoms with E-state index < -0.39 is 5.41 Å². The number of thiophene rings is 1. The van der Waals surface area contributed by atoms with Crippen molar-refractivity contribution in [2.75, 3.05) is 4.90 Å². The zero-order valence-corrected chi connectivity index (χ0v) is 33.3. The number of allylic oxidation sites excluding steroid dienone is 5. The molecular weight excluding hydrogens is 707 g/mol. The highest BCUT2D eigenvalue weighted by Gasteiger charge is 2.49. The van der Waals surface area contributed by atoms with Crippen LogP contribution in [0.25, 0.3) is 32.9 Å². The normalized spacial score (nSPS) is 19.2. The number of nitrogens with zero attached hydrogens (tertiary/aromatic N) is 1. The van der Waals surface area contributed by atoms with Gasteiger partial charge < -0.3 is 4.90 Å². The van der Waals surface area contributed by atoms with Crippen molar-refractivity contribution in [1.82, 2.24) is 0 Å². The molecule has 12 rings (SSSR count). The van der Waals surface area contributed by atoms with Crippen molar-refractivity contribution in [2.24, 2.45) is 5.92 Å². The summed E-state index contributed by atoms with van der Waals surface area (Å²) in [5, 5.41) is 1.37. The predicted molar refractivity (Wildman–Crippen MR) is 240 cm³/mol. The van der Waals surface area contributed by atoms with Crippen molar-refractivity contribution < 1.29 is 0 Å². The molecule has 1 aromatic heterocycles. The van der Waals surface area contributed by atoms with Crippen LogP contribution in [-0.4, -0.2) is 0 Å². The van der Waals surface area contributed by atoms with Crippen LogP contribution < -0.4 is 4.90 Å². The quantitative estimate of drug-likeness (QED) is 0.169. The summed E-state index contributed by atoms with van der Waals surface area (Å²) in [5.41, 5.74) is 19.6. The van der Waals surface area contributed by atoms with Crippen LogP contribution in [0.1, 0.15) is 89.3 Å². The van der Waals surface area contributed by atoms with E-state index >= 15 is 0 Å². The number of para-hydroxylation sites is 1. The monoisotopic (exact) mass is 751 g/mol. The molecule has 7 aromatic rings. The summed E-state index contributed by atoms with van der Waals surface area (Å²) in [5.74, 6) is 0.336. The summed E-state index contributed by atoms with van der Waals surface area (Å²) in [6.45, 7) is 2.46. The van der Waals surface area contributed by atoms with Crippen LogP contribution in [0.4, 0.5) is 11.4 Å². The molecule has 2 heteroatoms. The molecule has 0 N–H and O–H groups in total. The van der Waals surface area contributed by atoms with Gasteiger partial charge in [0.1, 0.15) is 0 Å². The first-order valence-corrected chi connectivity index (χ1v) is 21.9. The molecule has 276 valence electrons. The van der Waals surface area contributed by atoms with Gasteiger partial charge >= 0.3 is 0 Å². The van der Waals surface area contributed by atoms with E-state index in [-0.39, 0.29) is 5.41 Å². The largest absolute Gasteiger partial charge is 0.313 e. The molecule has 1 spiro atoms. The minimum absolute atomic E-state index is 0.172. The van der Waals surface area contributed by atoms with Gasteiger partial charge in [-0.3, -0.25) is 0 Å². The molecule has 1 saturated carbocycles. The van der Waals surface area contributed by atoms with E-state index in [0.717, 1.165) is 19.3 Å². The molecule has 0 radical (unpaired) electrons. The molecule has 0 bridgehead atoms. The lowest BCUT2D eigenvalue weighted by molar-refractivity contribution is 0.543. The standard InChI is InChI=1S/C55H45NS/c1-36-34-51-43(35-50(36)56(38-20-6-3-7-21-38)49-31-17-29-47-52(49)42-24-10-11-26-44(42)54(47)32-14-15-33-54)41-25-16-30-48(53(41)57-51)55(37-18-4-2-5-19-37)45-27-12-8-22-39(45)40-23-9-13-28-46(40)55/h2-9,11-13,16-23,25-31,35-36H,10,14-15,24,32-34H2,1H3. The number of hydrogen-bond donors (Lipinski definition) is 0. The molecule has 1 unspecified atom stereocenters.